The lowest BCUT2D eigenvalue weighted by Gasteiger charge is -2.53. The number of rotatable bonds is 5. The first-order chi connectivity index (χ1) is 15.7. The highest BCUT2D eigenvalue weighted by molar-refractivity contribution is 7.18. The molecule has 0 amide bonds. The van der Waals surface area contributed by atoms with Crippen molar-refractivity contribution in [3.63, 3.8) is 0 Å². The maximum Gasteiger partial charge on any atom is 0.271 e. The van der Waals surface area contributed by atoms with E-state index in [1.54, 1.807) is 11.6 Å². The Bertz CT molecular complexity index is 1280. The minimum atomic E-state index is -0.250. The van der Waals surface area contributed by atoms with Crippen LogP contribution in [0.4, 0.5) is 11.4 Å². The zero-order chi connectivity index (χ0) is 23.9. The van der Waals surface area contributed by atoms with Crippen molar-refractivity contribution < 1.29 is 0 Å². The Morgan fingerprint density at radius 3 is 2.67 bits per heavy atom. The largest absolute Gasteiger partial charge is 0.369 e. The molecule has 1 aliphatic rings. The van der Waals surface area contributed by atoms with Gasteiger partial charge in [-0.05, 0) is 49.9 Å². The summed E-state index contributed by atoms with van der Waals surface area (Å²) >= 11 is 7.63. The first-order valence-corrected chi connectivity index (χ1v) is 12.6. The Labute approximate surface area is 204 Å². The van der Waals surface area contributed by atoms with Gasteiger partial charge in [-0.1, -0.05) is 31.9 Å². The Kier molecular flexibility index (Phi) is 6.43. The summed E-state index contributed by atoms with van der Waals surface area (Å²) in [4.78, 5) is 23.2. The lowest BCUT2D eigenvalue weighted by molar-refractivity contribution is 0.214. The van der Waals surface area contributed by atoms with Crippen molar-refractivity contribution in [2.24, 2.45) is 13.0 Å². The number of halogens is 1. The van der Waals surface area contributed by atoms with Crippen LogP contribution in [0.15, 0.2) is 29.1 Å². The minimum absolute atomic E-state index is 0.0251. The molecule has 33 heavy (non-hydrogen) atoms. The highest BCUT2D eigenvalue weighted by Crippen LogP contribution is 2.42. The van der Waals surface area contributed by atoms with E-state index in [4.69, 9.17) is 16.6 Å². The second-order valence-electron chi connectivity index (χ2n) is 9.07. The van der Waals surface area contributed by atoms with E-state index in [-0.39, 0.29) is 16.7 Å². The molecular weight excluding hydrogens is 454 g/mol. The van der Waals surface area contributed by atoms with Crippen molar-refractivity contribution in [3.05, 3.63) is 50.2 Å². The van der Waals surface area contributed by atoms with Crippen LogP contribution in [-0.4, -0.2) is 35.2 Å². The maximum absolute atomic E-state index is 13.0. The summed E-state index contributed by atoms with van der Waals surface area (Å²) in [5.41, 5.74) is 2.53. The molecule has 3 aromatic rings. The van der Waals surface area contributed by atoms with Crippen LogP contribution >= 0.6 is 22.9 Å². The molecule has 6 nitrogen and oxygen atoms in total. The third kappa shape index (κ3) is 3.89. The van der Waals surface area contributed by atoms with Gasteiger partial charge in [-0.2, -0.15) is 5.26 Å². The van der Waals surface area contributed by atoms with Crippen LogP contribution in [0.1, 0.15) is 43.7 Å². The normalized spacial score (nSPS) is 20.8. The summed E-state index contributed by atoms with van der Waals surface area (Å²) in [6, 6.07) is 10.2. The number of fused-ring (bicyclic) bond motifs is 1. The summed E-state index contributed by atoms with van der Waals surface area (Å²) < 4.78 is 1.56. The van der Waals surface area contributed by atoms with Gasteiger partial charge >= 0.3 is 0 Å². The third-order valence-corrected chi connectivity index (χ3v) is 8.52. The number of thiazole rings is 1. The van der Waals surface area contributed by atoms with Crippen LogP contribution in [0, 0.1) is 24.2 Å². The smallest absolute Gasteiger partial charge is 0.271 e. The van der Waals surface area contributed by atoms with E-state index >= 15 is 0 Å². The lowest BCUT2D eigenvalue weighted by Crippen LogP contribution is -2.60. The Balaban J connectivity index is 1.75. The summed E-state index contributed by atoms with van der Waals surface area (Å²) in [6.07, 6.45) is 3.06. The molecule has 0 bridgehead atoms. The van der Waals surface area contributed by atoms with Gasteiger partial charge in [0.25, 0.3) is 5.56 Å². The van der Waals surface area contributed by atoms with Crippen molar-refractivity contribution in [1.82, 2.24) is 9.55 Å². The SMILES string of the molecule is CCC[C@]1(N(C)c2ccc(Cl)cc2)CCN(c2c(C#N)c(=O)n(C)c3sc(C)nc23)C[C@@H]1C. The quantitative estimate of drug-likeness (QED) is 0.489. The van der Waals surface area contributed by atoms with Crippen LogP contribution in [0.2, 0.25) is 5.02 Å². The Morgan fingerprint density at radius 1 is 1.36 bits per heavy atom. The number of hydrogen-bond acceptors (Lipinski definition) is 6. The van der Waals surface area contributed by atoms with Crippen molar-refractivity contribution in [2.75, 3.05) is 29.9 Å². The van der Waals surface area contributed by atoms with Gasteiger partial charge in [0.1, 0.15) is 22.0 Å². The molecule has 2 aromatic heterocycles. The van der Waals surface area contributed by atoms with Crippen molar-refractivity contribution in [2.45, 2.75) is 45.6 Å². The molecule has 3 heterocycles. The minimum Gasteiger partial charge on any atom is -0.369 e. The average Bonchev–Trinajstić information content (AvgIpc) is 3.19. The molecule has 0 radical (unpaired) electrons. The molecule has 174 valence electrons. The fraction of sp³-hybridized carbons (Fsp3) is 0.480. The number of aryl methyl sites for hydroxylation is 2. The van der Waals surface area contributed by atoms with Gasteiger partial charge < -0.3 is 14.4 Å². The molecule has 2 atom stereocenters. The Morgan fingerprint density at radius 2 is 2.06 bits per heavy atom. The molecular formula is C25H30ClN5OS. The first-order valence-electron chi connectivity index (χ1n) is 11.4. The molecule has 0 spiro atoms. The summed E-state index contributed by atoms with van der Waals surface area (Å²) in [5, 5.41) is 11.5. The molecule has 4 rings (SSSR count). The third-order valence-electron chi connectivity index (χ3n) is 7.22. The van der Waals surface area contributed by atoms with Crippen molar-refractivity contribution in [3.8, 4) is 6.07 Å². The van der Waals surface area contributed by atoms with Crippen LogP contribution in [0.5, 0.6) is 0 Å². The van der Waals surface area contributed by atoms with Crippen LogP contribution in [-0.2, 0) is 7.05 Å². The van der Waals surface area contributed by atoms with Crippen LogP contribution in [0.3, 0.4) is 0 Å². The predicted octanol–water partition coefficient (Wildman–Crippen LogP) is 5.35. The van der Waals surface area contributed by atoms with E-state index in [1.165, 1.54) is 11.3 Å². The fourth-order valence-corrected chi connectivity index (χ4v) is 6.45. The zero-order valence-electron chi connectivity index (χ0n) is 19.9. The summed E-state index contributed by atoms with van der Waals surface area (Å²) in [5.74, 6) is 0.303. The molecule has 1 aliphatic heterocycles. The topological polar surface area (TPSA) is 65.2 Å². The number of anilines is 2. The molecule has 1 saturated heterocycles. The van der Waals surface area contributed by atoms with E-state index in [9.17, 15) is 10.1 Å². The number of benzene rings is 1. The number of pyridine rings is 1. The van der Waals surface area contributed by atoms with Gasteiger partial charge in [0, 0.05) is 43.4 Å². The number of piperidine rings is 1. The summed E-state index contributed by atoms with van der Waals surface area (Å²) in [7, 11) is 3.89. The standard InChI is InChI=1S/C25H30ClN5OS/c1-6-11-25(30(5)19-9-7-18(26)8-10-19)12-13-31(15-16(25)2)22-20(14-27)23(32)29(4)24-21(22)28-17(3)33-24/h7-10,16H,6,11-13,15H2,1-5H3/t16-,25-/m0/s1. The van der Waals surface area contributed by atoms with Gasteiger partial charge in [-0.25, -0.2) is 4.98 Å². The lowest BCUT2D eigenvalue weighted by atomic mass is 9.74. The van der Waals surface area contributed by atoms with E-state index in [2.05, 4.69) is 48.9 Å². The molecule has 0 unspecified atom stereocenters. The van der Waals surface area contributed by atoms with Crippen molar-refractivity contribution >= 4 is 44.7 Å². The molecule has 0 aliphatic carbocycles. The van der Waals surface area contributed by atoms with Crippen LogP contribution in [0.25, 0.3) is 10.3 Å². The van der Waals surface area contributed by atoms with Gasteiger partial charge in [0.05, 0.1) is 10.7 Å². The molecule has 8 heteroatoms. The molecule has 1 fully saturated rings. The van der Waals surface area contributed by atoms with Gasteiger partial charge in [0.2, 0.25) is 0 Å². The second kappa shape index (κ2) is 9.00. The highest BCUT2D eigenvalue weighted by Gasteiger charge is 2.44. The van der Waals surface area contributed by atoms with Gasteiger partial charge in [-0.3, -0.25) is 4.79 Å². The zero-order valence-corrected chi connectivity index (χ0v) is 21.4. The summed E-state index contributed by atoms with van der Waals surface area (Å²) in [6.45, 7) is 7.97. The number of aromatic nitrogens is 2. The van der Waals surface area contributed by atoms with E-state index in [0.717, 1.165) is 58.4 Å². The maximum atomic E-state index is 13.0. The fourth-order valence-electron chi connectivity index (χ4n) is 5.45. The number of hydrogen-bond donors (Lipinski definition) is 0. The van der Waals surface area contributed by atoms with Gasteiger partial charge in [-0.15, -0.1) is 11.3 Å². The predicted molar refractivity (Wildman–Crippen MR) is 138 cm³/mol. The first kappa shape index (κ1) is 23.6. The van der Waals surface area contributed by atoms with Crippen molar-refractivity contribution in [1.29, 1.82) is 5.26 Å². The Hall–Kier alpha value is -2.56. The van der Waals surface area contributed by atoms with E-state index in [0.29, 0.717) is 11.6 Å². The molecule has 0 saturated carbocycles. The van der Waals surface area contributed by atoms with Gasteiger partial charge in [0.15, 0.2) is 0 Å². The molecule has 0 N–H and O–H groups in total. The molecule has 1 aromatic carbocycles. The average molecular weight is 484 g/mol. The monoisotopic (exact) mass is 483 g/mol. The van der Waals surface area contributed by atoms with E-state index in [1.807, 2.05) is 19.1 Å². The second-order valence-corrected chi connectivity index (χ2v) is 10.7. The number of nitrogens with zero attached hydrogens (tertiary/aromatic N) is 5. The van der Waals surface area contributed by atoms with Crippen LogP contribution < -0.4 is 15.4 Å². The highest BCUT2D eigenvalue weighted by atomic mass is 35.5. The van der Waals surface area contributed by atoms with E-state index < -0.39 is 0 Å². The number of nitriles is 1.